The van der Waals surface area contributed by atoms with Crippen LogP contribution in [0.3, 0.4) is 0 Å². The number of alkyl carbamates (subject to hydrolysis) is 1. The molecule has 0 radical (unpaired) electrons. The number of halogens is 1. The summed E-state index contributed by atoms with van der Waals surface area (Å²) >= 11 is 2.33. The van der Waals surface area contributed by atoms with E-state index in [1.807, 2.05) is 26.8 Å². The van der Waals surface area contributed by atoms with Crippen LogP contribution in [0.15, 0.2) is 24.3 Å². The van der Waals surface area contributed by atoms with Gasteiger partial charge in [0.15, 0.2) is 0 Å². The molecule has 1 N–H and O–H groups in total. The van der Waals surface area contributed by atoms with E-state index in [9.17, 15) is 4.79 Å². The topological polar surface area (TPSA) is 47.6 Å². The van der Waals surface area contributed by atoms with Crippen molar-refractivity contribution in [2.75, 3.05) is 17.6 Å². The minimum Gasteiger partial charge on any atom is -0.444 e. The molecule has 0 spiro atoms. The quantitative estimate of drug-likeness (QED) is 0.428. The van der Waals surface area contributed by atoms with E-state index in [1.165, 1.54) is 5.56 Å². The lowest BCUT2D eigenvalue weighted by molar-refractivity contribution is -0.0150. The standard InChI is InChI=1S/C17H26INO3/c1-13-7-6-8-14(11-13)17(5,12-18)21-10-9-19-15(20)22-16(2,3)4/h6-8,11H,9-10,12H2,1-5H3,(H,19,20)/t17-/m1/s1. The highest BCUT2D eigenvalue weighted by Crippen LogP contribution is 2.28. The first-order valence-electron chi connectivity index (χ1n) is 7.40. The van der Waals surface area contributed by atoms with Crippen molar-refractivity contribution in [2.45, 2.75) is 45.8 Å². The summed E-state index contributed by atoms with van der Waals surface area (Å²) in [5.74, 6) is 0. The van der Waals surface area contributed by atoms with Gasteiger partial charge in [0.1, 0.15) is 5.60 Å². The number of ether oxygens (including phenoxy) is 2. The van der Waals surface area contributed by atoms with Gasteiger partial charge in [0.05, 0.1) is 12.2 Å². The van der Waals surface area contributed by atoms with E-state index in [4.69, 9.17) is 9.47 Å². The largest absolute Gasteiger partial charge is 0.444 e. The number of carbonyl (C=O) groups excluding carboxylic acids is 1. The van der Waals surface area contributed by atoms with E-state index in [0.717, 1.165) is 9.99 Å². The molecule has 1 aromatic carbocycles. The minimum absolute atomic E-state index is 0.359. The predicted molar refractivity (Wildman–Crippen MR) is 97.6 cm³/mol. The monoisotopic (exact) mass is 419 g/mol. The molecule has 124 valence electrons. The van der Waals surface area contributed by atoms with E-state index in [2.05, 4.69) is 60.0 Å². The molecule has 0 heterocycles. The van der Waals surface area contributed by atoms with Gasteiger partial charge in [-0.1, -0.05) is 52.4 Å². The highest BCUT2D eigenvalue weighted by atomic mass is 127. The van der Waals surface area contributed by atoms with Gasteiger partial charge in [-0.3, -0.25) is 0 Å². The van der Waals surface area contributed by atoms with Crippen molar-refractivity contribution in [3.05, 3.63) is 35.4 Å². The molecule has 1 atom stereocenters. The Morgan fingerprint density at radius 2 is 1.95 bits per heavy atom. The normalized spacial score (nSPS) is 14.3. The van der Waals surface area contributed by atoms with Gasteiger partial charge in [-0.15, -0.1) is 0 Å². The van der Waals surface area contributed by atoms with Crippen LogP contribution in [0.25, 0.3) is 0 Å². The van der Waals surface area contributed by atoms with Crippen LogP contribution in [0.4, 0.5) is 4.79 Å². The van der Waals surface area contributed by atoms with E-state index in [1.54, 1.807) is 0 Å². The molecule has 1 aromatic rings. The molecule has 0 unspecified atom stereocenters. The van der Waals surface area contributed by atoms with Crippen molar-refractivity contribution in [3.8, 4) is 0 Å². The molecule has 0 aliphatic heterocycles. The third-order valence-electron chi connectivity index (χ3n) is 3.07. The van der Waals surface area contributed by atoms with E-state index >= 15 is 0 Å². The average molecular weight is 419 g/mol. The van der Waals surface area contributed by atoms with Crippen LogP contribution in [-0.4, -0.2) is 29.3 Å². The summed E-state index contributed by atoms with van der Waals surface area (Å²) in [6.45, 7) is 10.5. The number of aryl methyl sites for hydroxylation is 1. The molecular formula is C17H26INO3. The molecule has 22 heavy (non-hydrogen) atoms. The van der Waals surface area contributed by atoms with Gasteiger partial charge in [-0.05, 0) is 40.2 Å². The molecule has 0 fully saturated rings. The Hall–Kier alpha value is -0.820. The molecule has 1 amide bonds. The van der Waals surface area contributed by atoms with Crippen LogP contribution in [0.2, 0.25) is 0 Å². The fourth-order valence-electron chi connectivity index (χ4n) is 1.92. The summed E-state index contributed by atoms with van der Waals surface area (Å²) in [6, 6.07) is 8.33. The Balaban J connectivity index is 2.49. The van der Waals surface area contributed by atoms with Gasteiger partial charge in [-0.2, -0.15) is 0 Å². The number of carbonyl (C=O) groups is 1. The van der Waals surface area contributed by atoms with Gasteiger partial charge < -0.3 is 14.8 Å². The predicted octanol–water partition coefficient (Wildman–Crippen LogP) is 4.19. The van der Waals surface area contributed by atoms with Crippen LogP contribution >= 0.6 is 22.6 Å². The fourth-order valence-corrected chi connectivity index (χ4v) is 2.58. The Morgan fingerprint density at radius 1 is 1.27 bits per heavy atom. The van der Waals surface area contributed by atoms with Crippen LogP contribution in [0.5, 0.6) is 0 Å². The number of amides is 1. The lowest BCUT2D eigenvalue weighted by atomic mass is 9.96. The number of nitrogens with one attached hydrogen (secondary N) is 1. The number of benzene rings is 1. The number of alkyl halides is 1. The fraction of sp³-hybridized carbons (Fsp3) is 0.588. The highest BCUT2D eigenvalue weighted by Gasteiger charge is 2.26. The molecule has 0 saturated heterocycles. The van der Waals surface area contributed by atoms with Crippen LogP contribution in [-0.2, 0) is 15.1 Å². The van der Waals surface area contributed by atoms with Crippen molar-refractivity contribution >= 4 is 28.7 Å². The lowest BCUT2D eigenvalue weighted by Gasteiger charge is -2.29. The van der Waals surface area contributed by atoms with Crippen molar-refractivity contribution in [1.82, 2.24) is 5.32 Å². The Morgan fingerprint density at radius 3 is 2.50 bits per heavy atom. The van der Waals surface area contributed by atoms with Crippen molar-refractivity contribution in [3.63, 3.8) is 0 Å². The molecule has 0 saturated carbocycles. The smallest absolute Gasteiger partial charge is 0.407 e. The molecular weight excluding hydrogens is 393 g/mol. The van der Waals surface area contributed by atoms with Gasteiger partial charge in [0.25, 0.3) is 0 Å². The van der Waals surface area contributed by atoms with Crippen molar-refractivity contribution in [1.29, 1.82) is 0 Å². The number of hydrogen-bond donors (Lipinski definition) is 1. The molecule has 1 rings (SSSR count). The summed E-state index contributed by atoms with van der Waals surface area (Å²) in [6.07, 6.45) is -0.414. The van der Waals surface area contributed by atoms with Gasteiger partial charge in [0.2, 0.25) is 0 Å². The second-order valence-corrected chi connectivity index (χ2v) is 7.27. The maximum Gasteiger partial charge on any atom is 0.407 e. The van der Waals surface area contributed by atoms with E-state index in [-0.39, 0.29) is 5.60 Å². The lowest BCUT2D eigenvalue weighted by Crippen LogP contribution is -2.36. The highest BCUT2D eigenvalue weighted by molar-refractivity contribution is 14.1. The third kappa shape index (κ3) is 6.52. The summed E-state index contributed by atoms with van der Waals surface area (Å²) in [4.78, 5) is 11.6. The zero-order chi connectivity index (χ0) is 16.8. The van der Waals surface area contributed by atoms with Crippen molar-refractivity contribution in [2.24, 2.45) is 0 Å². The van der Waals surface area contributed by atoms with Crippen LogP contribution < -0.4 is 5.32 Å². The van der Waals surface area contributed by atoms with E-state index in [0.29, 0.717) is 13.2 Å². The molecule has 0 aromatic heterocycles. The number of hydrogen-bond acceptors (Lipinski definition) is 3. The van der Waals surface area contributed by atoms with Gasteiger partial charge >= 0.3 is 6.09 Å². The number of rotatable bonds is 6. The molecule has 0 aliphatic rings. The Labute approximate surface area is 147 Å². The molecule has 4 nitrogen and oxygen atoms in total. The minimum atomic E-state index is -0.483. The first kappa shape index (κ1) is 19.2. The SMILES string of the molecule is Cc1cccc([C@@](C)(CI)OCCNC(=O)OC(C)(C)C)c1. The summed E-state index contributed by atoms with van der Waals surface area (Å²) in [5.41, 5.74) is 1.52. The van der Waals surface area contributed by atoms with Gasteiger partial charge in [-0.25, -0.2) is 4.79 Å². The zero-order valence-corrected chi connectivity index (χ0v) is 16.2. The first-order chi connectivity index (χ1) is 10.2. The third-order valence-corrected chi connectivity index (χ3v) is 4.53. The second-order valence-electron chi connectivity index (χ2n) is 6.51. The summed E-state index contributed by atoms with van der Waals surface area (Å²) < 4.78 is 12.0. The van der Waals surface area contributed by atoms with Gasteiger partial charge in [0, 0.05) is 11.0 Å². The zero-order valence-electron chi connectivity index (χ0n) is 14.0. The first-order valence-corrected chi connectivity index (χ1v) is 8.93. The van der Waals surface area contributed by atoms with Crippen molar-refractivity contribution < 1.29 is 14.3 Å². The van der Waals surface area contributed by atoms with E-state index < -0.39 is 11.7 Å². The Bertz CT molecular complexity index is 499. The maximum atomic E-state index is 11.6. The second kappa shape index (κ2) is 8.15. The molecule has 0 bridgehead atoms. The Kier molecular flexibility index (Phi) is 7.12. The van der Waals surface area contributed by atoms with Crippen LogP contribution in [0.1, 0.15) is 38.8 Å². The maximum absolute atomic E-state index is 11.6. The average Bonchev–Trinajstić information content (AvgIpc) is 2.41. The molecule has 5 heteroatoms. The molecule has 0 aliphatic carbocycles. The van der Waals surface area contributed by atoms with Crippen LogP contribution in [0, 0.1) is 6.92 Å². The summed E-state index contributed by atoms with van der Waals surface area (Å²) in [5, 5.41) is 2.71. The summed E-state index contributed by atoms with van der Waals surface area (Å²) in [7, 11) is 0.